The zero-order valence-electron chi connectivity index (χ0n) is 11.5. The molecular weight excluding hydrogens is 264 g/mol. The quantitative estimate of drug-likeness (QED) is 0.874. The second-order valence-electron chi connectivity index (χ2n) is 4.80. The summed E-state index contributed by atoms with van der Waals surface area (Å²) in [5.41, 5.74) is 3.23. The van der Waals surface area contributed by atoms with Gasteiger partial charge in [-0.1, -0.05) is 6.07 Å². The molecule has 1 aromatic rings. The fraction of sp³-hybridized carbons (Fsp3) is 0.500. The SMILES string of the molecule is Cc1ccc(NC(=O)[C@H]2NCCO[C@@H]2C)cc1C.Cl. The molecule has 0 unspecified atom stereocenters. The number of hydrogen-bond donors (Lipinski definition) is 2. The van der Waals surface area contributed by atoms with E-state index >= 15 is 0 Å². The van der Waals surface area contributed by atoms with Crippen LogP contribution in [0.3, 0.4) is 0 Å². The molecule has 5 heteroatoms. The summed E-state index contributed by atoms with van der Waals surface area (Å²) in [6.45, 7) is 7.38. The van der Waals surface area contributed by atoms with Gasteiger partial charge in [0, 0.05) is 12.2 Å². The number of rotatable bonds is 2. The minimum atomic E-state index is -0.277. The lowest BCUT2D eigenvalue weighted by atomic mass is 10.1. The summed E-state index contributed by atoms with van der Waals surface area (Å²) in [6.07, 6.45) is -0.0923. The molecule has 4 nitrogen and oxygen atoms in total. The fourth-order valence-corrected chi connectivity index (χ4v) is 2.07. The number of carbonyl (C=O) groups is 1. The van der Waals surface area contributed by atoms with Crippen LogP contribution in [0.25, 0.3) is 0 Å². The van der Waals surface area contributed by atoms with Crippen LogP contribution in [0.4, 0.5) is 5.69 Å². The Hall–Kier alpha value is -1.10. The summed E-state index contributed by atoms with van der Waals surface area (Å²) >= 11 is 0. The lowest BCUT2D eigenvalue weighted by Crippen LogP contribution is -2.53. The molecule has 2 rings (SSSR count). The van der Waals surface area contributed by atoms with Crippen LogP contribution in [0.1, 0.15) is 18.1 Å². The molecule has 1 aromatic carbocycles. The molecule has 0 spiro atoms. The molecule has 1 saturated heterocycles. The van der Waals surface area contributed by atoms with Gasteiger partial charge in [-0.25, -0.2) is 0 Å². The highest BCUT2D eigenvalue weighted by Crippen LogP contribution is 2.15. The van der Waals surface area contributed by atoms with Crippen molar-refractivity contribution in [3.8, 4) is 0 Å². The Morgan fingerprint density at radius 2 is 2.11 bits per heavy atom. The smallest absolute Gasteiger partial charge is 0.244 e. The molecule has 1 aliphatic rings. The Kier molecular flexibility index (Phi) is 5.79. The Labute approximate surface area is 120 Å². The summed E-state index contributed by atoms with van der Waals surface area (Å²) in [6, 6.07) is 5.65. The third kappa shape index (κ3) is 3.93. The first-order valence-electron chi connectivity index (χ1n) is 6.31. The van der Waals surface area contributed by atoms with Gasteiger partial charge < -0.3 is 15.4 Å². The van der Waals surface area contributed by atoms with Crippen LogP contribution in [0, 0.1) is 13.8 Å². The number of halogens is 1. The molecular formula is C14H21ClN2O2. The maximum atomic E-state index is 12.1. The number of morpholine rings is 1. The summed E-state index contributed by atoms with van der Waals surface area (Å²) in [5.74, 6) is -0.0366. The van der Waals surface area contributed by atoms with Crippen molar-refractivity contribution in [2.45, 2.75) is 32.9 Å². The highest BCUT2D eigenvalue weighted by atomic mass is 35.5. The normalized spacial score (nSPS) is 22.5. The number of benzene rings is 1. The largest absolute Gasteiger partial charge is 0.375 e. The number of carbonyl (C=O) groups excluding carboxylic acids is 1. The first-order chi connectivity index (χ1) is 8.58. The van der Waals surface area contributed by atoms with E-state index in [0.29, 0.717) is 6.61 Å². The number of amides is 1. The topological polar surface area (TPSA) is 50.4 Å². The van der Waals surface area contributed by atoms with E-state index in [1.54, 1.807) is 0 Å². The van der Waals surface area contributed by atoms with Crippen molar-refractivity contribution in [3.05, 3.63) is 29.3 Å². The zero-order valence-corrected chi connectivity index (χ0v) is 12.3. The van der Waals surface area contributed by atoms with E-state index in [4.69, 9.17) is 4.74 Å². The maximum Gasteiger partial charge on any atom is 0.244 e. The molecule has 19 heavy (non-hydrogen) atoms. The van der Waals surface area contributed by atoms with E-state index in [1.807, 2.05) is 32.0 Å². The first kappa shape index (κ1) is 16.0. The molecule has 0 aromatic heterocycles. The third-order valence-corrected chi connectivity index (χ3v) is 3.37. The Bertz CT molecular complexity index is 451. The monoisotopic (exact) mass is 284 g/mol. The first-order valence-corrected chi connectivity index (χ1v) is 6.31. The molecule has 106 valence electrons. The molecule has 0 radical (unpaired) electrons. The predicted octanol–water partition coefficient (Wildman–Crippen LogP) is 2.04. The molecule has 1 aliphatic heterocycles. The minimum Gasteiger partial charge on any atom is -0.375 e. The second kappa shape index (κ2) is 6.89. The van der Waals surface area contributed by atoms with E-state index < -0.39 is 0 Å². The van der Waals surface area contributed by atoms with Crippen LogP contribution in [0.2, 0.25) is 0 Å². The highest BCUT2D eigenvalue weighted by molar-refractivity contribution is 5.95. The van der Waals surface area contributed by atoms with Gasteiger partial charge in [0.15, 0.2) is 0 Å². The van der Waals surface area contributed by atoms with Gasteiger partial charge in [-0.3, -0.25) is 4.79 Å². The molecule has 1 fully saturated rings. The maximum absolute atomic E-state index is 12.1. The lowest BCUT2D eigenvalue weighted by Gasteiger charge is -2.29. The van der Waals surface area contributed by atoms with Crippen molar-refractivity contribution in [3.63, 3.8) is 0 Å². The van der Waals surface area contributed by atoms with E-state index in [2.05, 4.69) is 17.6 Å². The van der Waals surface area contributed by atoms with Crippen molar-refractivity contribution in [1.82, 2.24) is 5.32 Å². The number of aryl methyl sites for hydroxylation is 2. The molecule has 2 atom stereocenters. The fourth-order valence-electron chi connectivity index (χ4n) is 2.07. The van der Waals surface area contributed by atoms with Gasteiger partial charge in [0.1, 0.15) is 6.04 Å². The molecule has 0 bridgehead atoms. The Morgan fingerprint density at radius 3 is 2.74 bits per heavy atom. The Morgan fingerprint density at radius 1 is 1.37 bits per heavy atom. The van der Waals surface area contributed by atoms with Crippen molar-refractivity contribution in [1.29, 1.82) is 0 Å². The number of anilines is 1. The van der Waals surface area contributed by atoms with E-state index in [-0.39, 0.29) is 30.5 Å². The standard InChI is InChI=1S/C14H20N2O2.ClH/c1-9-4-5-12(8-10(9)2)16-14(17)13-11(3)18-7-6-15-13;/h4-5,8,11,13,15H,6-7H2,1-3H3,(H,16,17);1H/t11-,13+;/m1./s1. The zero-order chi connectivity index (χ0) is 13.1. The van der Waals surface area contributed by atoms with Gasteiger partial charge in [0.05, 0.1) is 12.7 Å². The Balaban J connectivity index is 0.00000180. The predicted molar refractivity (Wildman–Crippen MR) is 79.0 cm³/mol. The van der Waals surface area contributed by atoms with Crippen LogP contribution < -0.4 is 10.6 Å². The van der Waals surface area contributed by atoms with Gasteiger partial charge in [-0.05, 0) is 44.0 Å². The van der Waals surface area contributed by atoms with Crippen LogP contribution in [0.5, 0.6) is 0 Å². The average molecular weight is 285 g/mol. The number of hydrogen-bond acceptors (Lipinski definition) is 3. The molecule has 1 heterocycles. The van der Waals surface area contributed by atoms with Gasteiger partial charge in [-0.15, -0.1) is 12.4 Å². The van der Waals surface area contributed by atoms with Crippen LogP contribution in [-0.4, -0.2) is 31.2 Å². The van der Waals surface area contributed by atoms with Crippen molar-refractivity contribution < 1.29 is 9.53 Å². The van der Waals surface area contributed by atoms with Gasteiger partial charge >= 0.3 is 0 Å². The molecule has 0 saturated carbocycles. The molecule has 1 amide bonds. The van der Waals surface area contributed by atoms with Gasteiger partial charge in [-0.2, -0.15) is 0 Å². The summed E-state index contributed by atoms with van der Waals surface area (Å²) in [7, 11) is 0. The summed E-state index contributed by atoms with van der Waals surface area (Å²) < 4.78 is 5.47. The number of ether oxygens (including phenoxy) is 1. The summed E-state index contributed by atoms with van der Waals surface area (Å²) in [5, 5.41) is 6.11. The van der Waals surface area contributed by atoms with E-state index in [9.17, 15) is 4.79 Å². The summed E-state index contributed by atoms with van der Waals surface area (Å²) in [4.78, 5) is 12.1. The van der Waals surface area contributed by atoms with Crippen molar-refractivity contribution in [2.75, 3.05) is 18.5 Å². The second-order valence-corrected chi connectivity index (χ2v) is 4.80. The van der Waals surface area contributed by atoms with Gasteiger partial charge in [0.25, 0.3) is 0 Å². The molecule has 0 aliphatic carbocycles. The van der Waals surface area contributed by atoms with Crippen LogP contribution >= 0.6 is 12.4 Å². The van der Waals surface area contributed by atoms with E-state index in [0.717, 1.165) is 12.2 Å². The van der Waals surface area contributed by atoms with Gasteiger partial charge in [0.2, 0.25) is 5.91 Å². The van der Waals surface area contributed by atoms with Crippen LogP contribution in [0.15, 0.2) is 18.2 Å². The highest BCUT2D eigenvalue weighted by Gasteiger charge is 2.28. The number of nitrogens with one attached hydrogen (secondary N) is 2. The molecule has 2 N–H and O–H groups in total. The lowest BCUT2D eigenvalue weighted by molar-refractivity contribution is -0.123. The van der Waals surface area contributed by atoms with Crippen molar-refractivity contribution in [2.24, 2.45) is 0 Å². The average Bonchev–Trinajstić information content (AvgIpc) is 2.34. The van der Waals surface area contributed by atoms with Crippen LogP contribution in [-0.2, 0) is 9.53 Å². The third-order valence-electron chi connectivity index (χ3n) is 3.37. The van der Waals surface area contributed by atoms with Crippen molar-refractivity contribution >= 4 is 24.0 Å². The van der Waals surface area contributed by atoms with E-state index in [1.165, 1.54) is 11.1 Å². The minimum absolute atomic E-state index is 0.